The monoisotopic (exact) mass is 298 g/mol. The van der Waals surface area contributed by atoms with E-state index in [0.717, 1.165) is 57.6 Å². The normalized spacial score (nSPS) is 27.5. The predicted molar refractivity (Wildman–Crippen MR) is 82.4 cm³/mol. The van der Waals surface area contributed by atoms with Gasteiger partial charge < -0.3 is 9.47 Å². The fourth-order valence-electron chi connectivity index (χ4n) is 4.13. The molecule has 0 bridgehead atoms. The van der Waals surface area contributed by atoms with Crippen LogP contribution in [0.4, 0.5) is 0 Å². The van der Waals surface area contributed by atoms with Crippen LogP contribution >= 0.6 is 0 Å². The van der Waals surface area contributed by atoms with Gasteiger partial charge in [0.05, 0.1) is 24.8 Å². The summed E-state index contributed by atoms with van der Waals surface area (Å²) >= 11 is 0. The number of rotatable bonds is 1. The van der Waals surface area contributed by atoms with Crippen LogP contribution in [0.25, 0.3) is 0 Å². The molecule has 3 aliphatic rings. The molecule has 1 aromatic carbocycles. The third-order valence-electron chi connectivity index (χ3n) is 5.43. The van der Waals surface area contributed by atoms with Crippen LogP contribution in [-0.2, 0) is 22.3 Å². The topological polar surface area (TPSA) is 45.5 Å². The van der Waals surface area contributed by atoms with Crippen LogP contribution in [-0.4, -0.2) is 43.0 Å². The molecule has 0 N–H and O–H groups in total. The van der Waals surface area contributed by atoms with Crippen molar-refractivity contribution in [2.75, 3.05) is 26.3 Å². The Kier molecular flexibility index (Phi) is 3.65. The van der Waals surface area contributed by atoms with E-state index >= 15 is 0 Å². The lowest BCUT2D eigenvalue weighted by Gasteiger charge is -2.42. The smallest absolute Gasteiger partial charge is 0.170 e. The molecule has 2 saturated heterocycles. The average Bonchev–Trinajstić information content (AvgIpc) is 3.03. The van der Waals surface area contributed by atoms with Crippen molar-refractivity contribution in [1.29, 1.82) is 5.26 Å². The number of nitriles is 1. The lowest BCUT2D eigenvalue weighted by Crippen LogP contribution is -2.50. The van der Waals surface area contributed by atoms with Gasteiger partial charge in [-0.2, -0.15) is 5.26 Å². The molecule has 4 heteroatoms. The van der Waals surface area contributed by atoms with Gasteiger partial charge in [-0.05, 0) is 42.5 Å². The van der Waals surface area contributed by atoms with Crippen LogP contribution in [0.2, 0.25) is 0 Å². The molecule has 1 atom stereocenters. The van der Waals surface area contributed by atoms with Crippen molar-refractivity contribution >= 4 is 0 Å². The minimum absolute atomic E-state index is 0.273. The lowest BCUT2D eigenvalue weighted by molar-refractivity contribution is -0.188. The SMILES string of the molecule is N#Cc1ccc2c(c1)CC[C@H](N1CCC3(CC1)OCCO3)C2. The van der Waals surface area contributed by atoms with E-state index < -0.39 is 0 Å². The zero-order valence-electron chi connectivity index (χ0n) is 12.9. The summed E-state index contributed by atoms with van der Waals surface area (Å²) in [4.78, 5) is 2.61. The Morgan fingerprint density at radius 1 is 1.14 bits per heavy atom. The second-order valence-corrected chi connectivity index (χ2v) is 6.64. The number of hydrogen-bond acceptors (Lipinski definition) is 4. The van der Waals surface area contributed by atoms with Crippen LogP contribution in [0.3, 0.4) is 0 Å². The van der Waals surface area contributed by atoms with Crippen molar-refractivity contribution in [3.8, 4) is 6.07 Å². The van der Waals surface area contributed by atoms with E-state index in [1.54, 1.807) is 0 Å². The Balaban J connectivity index is 1.42. The molecule has 0 aromatic heterocycles. The molecule has 2 aliphatic heterocycles. The standard InChI is InChI=1S/C18H22N2O2/c19-13-14-1-2-16-12-17(4-3-15(16)11-14)20-7-5-18(6-8-20)21-9-10-22-18/h1-2,11,17H,3-10,12H2/t17-/m0/s1. The number of hydrogen-bond donors (Lipinski definition) is 0. The van der Waals surface area contributed by atoms with Crippen LogP contribution in [0.15, 0.2) is 18.2 Å². The molecule has 0 radical (unpaired) electrons. The molecule has 4 nitrogen and oxygen atoms in total. The average molecular weight is 298 g/mol. The van der Waals surface area contributed by atoms with Gasteiger partial charge in [-0.25, -0.2) is 0 Å². The van der Waals surface area contributed by atoms with E-state index in [9.17, 15) is 0 Å². The van der Waals surface area contributed by atoms with Crippen molar-refractivity contribution in [3.63, 3.8) is 0 Å². The van der Waals surface area contributed by atoms with Crippen molar-refractivity contribution in [2.24, 2.45) is 0 Å². The molecule has 1 aromatic rings. The maximum atomic E-state index is 9.01. The summed E-state index contributed by atoms with van der Waals surface area (Å²) in [7, 11) is 0. The second kappa shape index (κ2) is 5.66. The molecule has 1 spiro atoms. The maximum Gasteiger partial charge on any atom is 0.170 e. The second-order valence-electron chi connectivity index (χ2n) is 6.64. The third kappa shape index (κ3) is 2.54. The Morgan fingerprint density at radius 2 is 1.91 bits per heavy atom. The fourth-order valence-corrected chi connectivity index (χ4v) is 4.13. The summed E-state index contributed by atoms with van der Waals surface area (Å²) in [5, 5.41) is 9.01. The lowest BCUT2D eigenvalue weighted by atomic mass is 9.85. The molecule has 2 fully saturated rings. The number of fused-ring (bicyclic) bond motifs is 1. The predicted octanol–water partition coefficient (Wildman–Crippen LogP) is 2.25. The van der Waals surface area contributed by atoms with E-state index in [1.807, 2.05) is 6.07 Å². The number of benzene rings is 1. The first-order valence-electron chi connectivity index (χ1n) is 8.32. The minimum Gasteiger partial charge on any atom is -0.347 e. The summed E-state index contributed by atoms with van der Waals surface area (Å²) in [6.45, 7) is 3.63. The molecule has 22 heavy (non-hydrogen) atoms. The van der Waals surface area contributed by atoms with Crippen LogP contribution in [0, 0.1) is 11.3 Å². The quantitative estimate of drug-likeness (QED) is 0.798. The number of aryl methyl sites for hydroxylation is 1. The van der Waals surface area contributed by atoms with Crippen molar-refractivity contribution in [2.45, 2.75) is 43.9 Å². The summed E-state index contributed by atoms with van der Waals surface area (Å²) < 4.78 is 11.6. The first-order valence-corrected chi connectivity index (χ1v) is 8.32. The molecular weight excluding hydrogens is 276 g/mol. The highest BCUT2D eigenvalue weighted by molar-refractivity contribution is 5.40. The number of nitrogens with zero attached hydrogens (tertiary/aromatic N) is 2. The maximum absolute atomic E-state index is 9.01. The zero-order chi connectivity index (χ0) is 15.0. The van der Waals surface area contributed by atoms with E-state index in [2.05, 4.69) is 23.1 Å². The minimum atomic E-state index is -0.273. The van der Waals surface area contributed by atoms with Gasteiger partial charge in [0.25, 0.3) is 0 Å². The molecule has 116 valence electrons. The van der Waals surface area contributed by atoms with Gasteiger partial charge in [-0.3, -0.25) is 4.90 Å². The number of piperidine rings is 1. The largest absolute Gasteiger partial charge is 0.347 e. The van der Waals surface area contributed by atoms with Crippen molar-refractivity contribution < 1.29 is 9.47 Å². The highest BCUT2D eigenvalue weighted by Crippen LogP contribution is 2.34. The third-order valence-corrected chi connectivity index (χ3v) is 5.43. The molecule has 0 unspecified atom stereocenters. The molecule has 2 heterocycles. The summed E-state index contributed by atoms with van der Waals surface area (Å²) in [5.74, 6) is -0.273. The first kappa shape index (κ1) is 14.2. The van der Waals surface area contributed by atoms with E-state index in [1.165, 1.54) is 17.5 Å². The van der Waals surface area contributed by atoms with Gasteiger partial charge in [-0.15, -0.1) is 0 Å². The number of ether oxygens (including phenoxy) is 2. The van der Waals surface area contributed by atoms with E-state index in [-0.39, 0.29) is 5.79 Å². The molecule has 4 rings (SSSR count). The van der Waals surface area contributed by atoms with Crippen LogP contribution in [0.5, 0.6) is 0 Å². The van der Waals surface area contributed by atoms with Gasteiger partial charge >= 0.3 is 0 Å². The fraction of sp³-hybridized carbons (Fsp3) is 0.611. The number of likely N-dealkylation sites (tertiary alicyclic amines) is 1. The Hall–Kier alpha value is -1.41. The van der Waals surface area contributed by atoms with Crippen molar-refractivity contribution in [1.82, 2.24) is 4.90 Å². The van der Waals surface area contributed by atoms with Gasteiger partial charge in [0, 0.05) is 32.0 Å². The van der Waals surface area contributed by atoms with E-state index in [0.29, 0.717) is 6.04 Å². The molecular formula is C18H22N2O2. The molecule has 0 saturated carbocycles. The highest BCUT2D eigenvalue weighted by atomic mass is 16.7. The van der Waals surface area contributed by atoms with Gasteiger partial charge in [0.1, 0.15) is 0 Å². The van der Waals surface area contributed by atoms with Gasteiger partial charge in [0.2, 0.25) is 0 Å². The van der Waals surface area contributed by atoms with Crippen molar-refractivity contribution in [3.05, 3.63) is 34.9 Å². The van der Waals surface area contributed by atoms with Gasteiger partial charge in [-0.1, -0.05) is 6.07 Å². The van der Waals surface area contributed by atoms with Gasteiger partial charge in [0.15, 0.2) is 5.79 Å². The first-order chi connectivity index (χ1) is 10.8. The Bertz CT molecular complexity index is 592. The zero-order valence-corrected chi connectivity index (χ0v) is 12.9. The van der Waals surface area contributed by atoms with Crippen LogP contribution < -0.4 is 0 Å². The highest BCUT2D eigenvalue weighted by Gasteiger charge is 2.41. The Morgan fingerprint density at radius 3 is 2.64 bits per heavy atom. The van der Waals surface area contributed by atoms with E-state index in [4.69, 9.17) is 14.7 Å². The Labute approximate surface area is 131 Å². The van der Waals surface area contributed by atoms with Crippen LogP contribution in [0.1, 0.15) is 36.0 Å². The summed E-state index contributed by atoms with van der Waals surface area (Å²) in [6.07, 6.45) is 5.37. The molecule has 0 amide bonds. The summed E-state index contributed by atoms with van der Waals surface area (Å²) in [5.41, 5.74) is 3.57. The molecule has 1 aliphatic carbocycles. The summed E-state index contributed by atoms with van der Waals surface area (Å²) in [6, 6.07) is 9.03.